The van der Waals surface area contributed by atoms with Crippen molar-refractivity contribution in [2.45, 2.75) is 33.1 Å². The minimum absolute atomic E-state index is 0.0961. The summed E-state index contributed by atoms with van der Waals surface area (Å²) in [4.78, 5) is 12.3. The number of ether oxygens (including phenoxy) is 1. The predicted molar refractivity (Wildman–Crippen MR) is 70.5 cm³/mol. The van der Waals surface area contributed by atoms with Crippen LogP contribution in [0.5, 0.6) is 5.75 Å². The van der Waals surface area contributed by atoms with Gasteiger partial charge in [-0.05, 0) is 36.3 Å². The average Bonchev–Trinajstić information content (AvgIpc) is 2.72. The van der Waals surface area contributed by atoms with Crippen molar-refractivity contribution in [3.8, 4) is 5.75 Å². The van der Waals surface area contributed by atoms with Crippen molar-refractivity contribution in [1.29, 1.82) is 0 Å². The molecule has 0 aromatic heterocycles. The Labute approximate surface area is 108 Å². The van der Waals surface area contributed by atoms with Crippen molar-refractivity contribution in [2.75, 3.05) is 6.61 Å². The van der Waals surface area contributed by atoms with Crippen LogP contribution in [0.3, 0.4) is 0 Å². The van der Waals surface area contributed by atoms with E-state index in [1.165, 1.54) is 6.42 Å². The Morgan fingerprint density at radius 2 is 2.00 bits per heavy atom. The molecule has 1 aromatic carbocycles. The van der Waals surface area contributed by atoms with E-state index in [-0.39, 0.29) is 10.8 Å². The highest BCUT2D eigenvalue weighted by atomic mass is 16.5. The highest BCUT2D eigenvalue weighted by Crippen LogP contribution is 2.63. The number of benzene rings is 1. The van der Waals surface area contributed by atoms with E-state index in [4.69, 9.17) is 4.74 Å². The van der Waals surface area contributed by atoms with E-state index in [1.807, 2.05) is 30.3 Å². The predicted octanol–water partition coefficient (Wildman–Crippen LogP) is 3.46. The van der Waals surface area contributed by atoms with Crippen LogP contribution in [0.1, 0.15) is 33.1 Å². The molecule has 2 fully saturated rings. The van der Waals surface area contributed by atoms with E-state index in [9.17, 15) is 4.79 Å². The second kappa shape index (κ2) is 3.84. The molecule has 0 radical (unpaired) electrons. The first-order valence-corrected chi connectivity index (χ1v) is 6.77. The van der Waals surface area contributed by atoms with Crippen molar-refractivity contribution in [3.05, 3.63) is 30.3 Å². The quantitative estimate of drug-likeness (QED) is 0.814. The fraction of sp³-hybridized carbons (Fsp3) is 0.562. The molecule has 3 rings (SSSR count). The van der Waals surface area contributed by atoms with Crippen molar-refractivity contribution in [3.63, 3.8) is 0 Å². The first kappa shape index (κ1) is 11.8. The highest BCUT2D eigenvalue weighted by molar-refractivity contribution is 5.89. The van der Waals surface area contributed by atoms with Crippen molar-refractivity contribution in [2.24, 2.45) is 16.7 Å². The molecule has 2 bridgehead atoms. The smallest absolute Gasteiger partial charge is 0.143 e. The number of hydrogen-bond acceptors (Lipinski definition) is 2. The maximum atomic E-state index is 12.3. The number of rotatable bonds is 3. The molecule has 2 heteroatoms. The van der Waals surface area contributed by atoms with Crippen molar-refractivity contribution < 1.29 is 9.53 Å². The lowest BCUT2D eigenvalue weighted by molar-refractivity contribution is -0.131. The zero-order valence-electron chi connectivity index (χ0n) is 11.1. The molecule has 0 heterocycles. The Hall–Kier alpha value is -1.31. The Balaban J connectivity index is 1.81. The summed E-state index contributed by atoms with van der Waals surface area (Å²) < 4.78 is 5.90. The van der Waals surface area contributed by atoms with Crippen LogP contribution >= 0.6 is 0 Å². The number of hydrogen-bond donors (Lipinski definition) is 0. The number of carbonyl (C=O) groups is 1. The lowest BCUT2D eigenvalue weighted by Gasteiger charge is -2.36. The summed E-state index contributed by atoms with van der Waals surface area (Å²) in [5.41, 5.74) is -0.146. The van der Waals surface area contributed by atoms with E-state index < -0.39 is 0 Å². The normalized spacial score (nSPS) is 32.8. The molecule has 2 aliphatic carbocycles. The monoisotopic (exact) mass is 244 g/mol. The Morgan fingerprint density at radius 3 is 2.56 bits per heavy atom. The molecule has 0 spiro atoms. The van der Waals surface area contributed by atoms with E-state index >= 15 is 0 Å². The molecule has 18 heavy (non-hydrogen) atoms. The van der Waals surface area contributed by atoms with Gasteiger partial charge in [-0.15, -0.1) is 0 Å². The molecule has 96 valence electrons. The van der Waals surface area contributed by atoms with Crippen LogP contribution in [0.2, 0.25) is 0 Å². The molecule has 0 saturated heterocycles. The maximum absolute atomic E-state index is 12.3. The summed E-state index contributed by atoms with van der Waals surface area (Å²) in [5.74, 6) is 1.84. The largest absolute Gasteiger partial charge is 0.493 e. The molecule has 0 amide bonds. The molecule has 0 N–H and O–H groups in total. The summed E-state index contributed by atoms with van der Waals surface area (Å²) in [6.45, 7) is 5.02. The number of Topliss-reactive ketones (excluding diaryl/α,β-unsaturated/α-hetero) is 1. The summed E-state index contributed by atoms with van der Waals surface area (Å²) >= 11 is 0. The summed E-state index contributed by atoms with van der Waals surface area (Å²) in [6, 6.07) is 9.81. The van der Waals surface area contributed by atoms with Gasteiger partial charge in [0.25, 0.3) is 0 Å². The zero-order valence-corrected chi connectivity index (χ0v) is 11.1. The van der Waals surface area contributed by atoms with E-state index in [1.54, 1.807) is 0 Å². The van der Waals surface area contributed by atoms with Crippen molar-refractivity contribution in [1.82, 2.24) is 0 Å². The highest BCUT2D eigenvalue weighted by Gasteiger charge is 2.64. The summed E-state index contributed by atoms with van der Waals surface area (Å²) in [6.07, 6.45) is 2.93. The summed E-state index contributed by atoms with van der Waals surface area (Å²) in [7, 11) is 0. The lowest BCUT2D eigenvalue weighted by Crippen LogP contribution is -2.41. The third-order valence-corrected chi connectivity index (χ3v) is 5.37. The first-order valence-electron chi connectivity index (χ1n) is 6.77. The van der Waals surface area contributed by atoms with E-state index in [0.717, 1.165) is 18.6 Å². The SMILES string of the molecule is CC1(C)C2CCC1(COc1ccccc1)C(=O)C2. The van der Waals surface area contributed by atoms with Crippen LogP contribution in [-0.4, -0.2) is 12.4 Å². The van der Waals surface area contributed by atoms with Gasteiger partial charge < -0.3 is 4.74 Å². The van der Waals surface area contributed by atoms with Crippen LogP contribution in [0, 0.1) is 16.7 Å². The number of carbonyl (C=O) groups excluding carboxylic acids is 1. The lowest BCUT2D eigenvalue weighted by atomic mass is 9.69. The third-order valence-electron chi connectivity index (χ3n) is 5.37. The molecule has 2 nitrogen and oxygen atoms in total. The maximum Gasteiger partial charge on any atom is 0.143 e. The second-order valence-corrected chi connectivity index (χ2v) is 6.27. The molecular formula is C16H20O2. The molecule has 2 atom stereocenters. The molecule has 2 unspecified atom stereocenters. The number of fused-ring (bicyclic) bond motifs is 2. The topological polar surface area (TPSA) is 26.3 Å². The second-order valence-electron chi connectivity index (χ2n) is 6.27. The van der Waals surface area contributed by atoms with Gasteiger partial charge in [-0.1, -0.05) is 32.0 Å². The first-order chi connectivity index (χ1) is 8.56. The number of ketones is 1. The average molecular weight is 244 g/mol. The summed E-state index contributed by atoms with van der Waals surface area (Å²) in [5, 5.41) is 0. The molecule has 2 saturated carbocycles. The minimum Gasteiger partial charge on any atom is -0.493 e. The fourth-order valence-corrected chi connectivity index (χ4v) is 3.83. The molecule has 1 aromatic rings. The van der Waals surface area contributed by atoms with Gasteiger partial charge >= 0.3 is 0 Å². The molecular weight excluding hydrogens is 224 g/mol. The minimum atomic E-state index is -0.243. The van der Waals surface area contributed by atoms with Gasteiger partial charge in [0.1, 0.15) is 18.1 Å². The molecule has 0 aliphatic heterocycles. The third kappa shape index (κ3) is 1.44. The van der Waals surface area contributed by atoms with E-state index in [2.05, 4.69) is 13.8 Å². The van der Waals surface area contributed by atoms with Gasteiger partial charge in [0.2, 0.25) is 0 Å². The van der Waals surface area contributed by atoms with Gasteiger partial charge in [0, 0.05) is 6.42 Å². The van der Waals surface area contributed by atoms with Gasteiger partial charge in [0.05, 0.1) is 5.41 Å². The molecule has 2 aliphatic rings. The Bertz CT molecular complexity index is 463. The number of para-hydroxylation sites is 1. The van der Waals surface area contributed by atoms with E-state index in [0.29, 0.717) is 18.3 Å². The van der Waals surface area contributed by atoms with Crippen LogP contribution in [0.25, 0.3) is 0 Å². The Kier molecular flexibility index (Phi) is 2.51. The van der Waals surface area contributed by atoms with Crippen LogP contribution in [0.4, 0.5) is 0 Å². The Morgan fingerprint density at radius 1 is 1.28 bits per heavy atom. The van der Waals surface area contributed by atoms with Crippen LogP contribution < -0.4 is 4.74 Å². The van der Waals surface area contributed by atoms with Gasteiger partial charge in [0.15, 0.2) is 0 Å². The fourth-order valence-electron chi connectivity index (χ4n) is 3.83. The van der Waals surface area contributed by atoms with Gasteiger partial charge in [-0.3, -0.25) is 4.79 Å². The zero-order chi connectivity index (χ0) is 12.8. The van der Waals surface area contributed by atoms with Crippen molar-refractivity contribution >= 4 is 5.78 Å². The van der Waals surface area contributed by atoms with Crippen LogP contribution in [0.15, 0.2) is 30.3 Å². The van der Waals surface area contributed by atoms with Gasteiger partial charge in [-0.25, -0.2) is 0 Å². The van der Waals surface area contributed by atoms with Crippen LogP contribution in [-0.2, 0) is 4.79 Å². The van der Waals surface area contributed by atoms with Gasteiger partial charge in [-0.2, -0.15) is 0 Å². The standard InChI is InChI=1S/C16H20O2/c1-15(2)12-8-9-16(15,14(17)10-12)11-18-13-6-4-3-5-7-13/h3-7,12H,8-11H2,1-2H3.